The fraction of sp³-hybridized carbons (Fsp3) is 0.176. The van der Waals surface area contributed by atoms with E-state index in [2.05, 4.69) is 10.3 Å². The molecule has 1 heterocycles. The highest BCUT2D eigenvalue weighted by Crippen LogP contribution is 2.21. The van der Waals surface area contributed by atoms with Gasteiger partial charge in [0.15, 0.2) is 0 Å². The average molecular weight is 343 g/mol. The zero-order valence-electron chi connectivity index (χ0n) is 13.4. The molecule has 0 aliphatic rings. The van der Waals surface area contributed by atoms with Crippen LogP contribution in [-0.2, 0) is 4.79 Å². The minimum Gasteiger partial charge on any atom is -0.497 e. The van der Waals surface area contributed by atoms with Crippen LogP contribution in [0.3, 0.4) is 0 Å². The summed E-state index contributed by atoms with van der Waals surface area (Å²) in [7, 11) is 1.52. The lowest BCUT2D eigenvalue weighted by Gasteiger charge is -2.17. The number of primary amides is 1. The van der Waals surface area contributed by atoms with E-state index >= 15 is 0 Å². The number of methoxy groups -OCH3 is 1. The molecule has 130 valence electrons. The molecule has 0 radical (unpaired) electrons. The second-order valence-electron chi connectivity index (χ2n) is 5.19. The normalized spacial score (nSPS) is 11.4. The summed E-state index contributed by atoms with van der Waals surface area (Å²) in [5.41, 5.74) is 5.96. The molecule has 25 heavy (non-hydrogen) atoms. The first-order valence-corrected chi connectivity index (χ1v) is 7.33. The van der Waals surface area contributed by atoms with Gasteiger partial charge in [0, 0.05) is 6.20 Å². The Labute approximate surface area is 143 Å². The number of amides is 2. The summed E-state index contributed by atoms with van der Waals surface area (Å²) in [6.45, 7) is 0. The van der Waals surface area contributed by atoms with Crippen LogP contribution in [-0.4, -0.2) is 35.0 Å². The first-order valence-electron chi connectivity index (χ1n) is 7.33. The highest BCUT2D eigenvalue weighted by molar-refractivity contribution is 5.95. The van der Waals surface area contributed by atoms with Gasteiger partial charge in [0.2, 0.25) is 5.91 Å². The van der Waals surface area contributed by atoms with Crippen molar-refractivity contribution in [3.8, 4) is 5.75 Å². The highest BCUT2D eigenvalue weighted by atomic mass is 16.5. The standard InChI is InChI=1S/C17H17N3O5/c1-25-12-5-2-10(3-6-12)14(8-15(21)22)20-17(24)13-7-4-11(9-19-13)16(18)23/h2-7,9,14H,8H2,1H3,(H2,18,23)(H,20,24)(H,21,22)/t14-/m0/s1. The molecule has 2 rings (SSSR count). The Morgan fingerprint density at radius 1 is 1.20 bits per heavy atom. The number of benzene rings is 1. The fourth-order valence-electron chi connectivity index (χ4n) is 2.17. The number of nitrogens with zero attached hydrogens (tertiary/aromatic N) is 1. The maximum absolute atomic E-state index is 12.3. The van der Waals surface area contributed by atoms with E-state index < -0.39 is 23.8 Å². The second-order valence-corrected chi connectivity index (χ2v) is 5.19. The number of rotatable bonds is 7. The molecule has 8 heteroatoms. The number of carbonyl (C=O) groups is 3. The number of pyridine rings is 1. The van der Waals surface area contributed by atoms with Crippen molar-refractivity contribution in [3.05, 3.63) is 59.4 Å². The third-order valence-corrected chi connectivity index (χ3v) is 3.48. The Hall–Kier alpha value is -3.42. The van der Waals surface area contributed by atoms with E-state index in [0.29, 0.717) is 11.3 Å². The van der Waals surface area contributed by atoms with Crippen molar-refractivity contribution < 1.29 is 24.2 Å². The minimum atomic E-state index is -1.06. The van der Waals surface area contributed by atoms with Crippen LogP contribution in [0.2, 0.25) is 0 Å². The Morgan fingerprint density at radius 2 is 1.88 bits per heavy atom. The van der Waals surface area contributed by atoms with Crippen molar-refractivity contribution in [2.45, 2.75) is 12.5 Å². The third-order valence-electron chi connectivity index (χ3n) is 3.48. The molecule has 0 saturated carbocycles. The maximum atomic E-state index is 12.3. The number of aromatic nitrogens is 1. The van der Waals surface area contributed by atoms with E-state index in [1.807, 2.05) is 0 Å². The van der Waals surface area contributed by atoms with E-state index in [4.69, 9.17) is 15.6 Å². The summed E-state index contributed by atoms with van der Waals surface area (Å²) >= 11 is 0. The molecule has 1 atom stereocenters. The van der Waals surface area contributed by atoms with Crippen LogP contribution >= 0.6 is 0 Å². The summed E-state index contributed by atoms with van der Waals surface area (Å²) in [4.78, 5) is 38.3. The van der Waals surface area contributed by atoms with Gasteiger partial charge in [0.05, 0.1) is 25.1 Å². The summed E-state index contributed by atoms with van der Waals surface area (Å²) in [6, 6.07) is 8.69. The van der Waals surface area contributed by atoms with E-state index in [-0.39, 0.29) is 17.7 Å². The second kappa shape index (κ2) is 7.91. The summed E-state index contributed by atoms with van der Waals surface area (Å²) in [6.07, 6.45) is 0.897. The number of hydrogen-bond donors (Lipinski definition) is 3. The molecule has 8 nitrogen and oxygen atoms in total. The molecule has 0 saturated heterocycles. The Morgan fingerprint density at radius 3 is 2.36 bits per heavy atom. The largest absolute Gasteiger partial charge is 0.497 e. The summed E-state index contributed by atoms with van der Waals surface area (Å²) in [5, 5.41) is 11.7. The molecule has 0 bridgehead atoms. The molecule has 4 N–H and O–H groups in total. The van der Waals surface area contributed by atoms with Crippen LogP contribution in [0.1, 0.15) is 38.9 Å². The number of nitrogens with two attached hydrogens (primary N) is 1. The van der Waals surface area contributed by atoms with Gasteiger partial charge in [-0.1, -0.05) is 12.1 Å². The molecule has 2 amide bonds. The Kier molecular flexibility index (Phi) is 5.67. The molecule has 0 unspecified atom stereocenters. The topological polar surface area (TPSA) is 132 Å². The highest BCUT2D eigenvalue weighted by Gasteiger charge is 2.20. The number of hydrogen-bond acceptors (Lipinski definition) is 5. The Bertz CT molecular complexity index is 772. The monoisotopic (exact) mass is 343 g/mol. The number of carboxylic acid groups (broad SMARTS) is 1. The average Bonchev–Trinajstić information content (AvgIpc) is 2.61. The van der Waals surface area contributed by atoms with E-state index in [9.17, 15) is 14.4 Å². The summed E-state index contributed by atoms with van der Waals surface area (Å²) in [5.74, 6) is -1.65. The Balaban J connectivity index is 2.18. The molecular weight excluding hydrogens is 326 g/mol. The van der Waals surface area contributed by atoms with Crippen LogP contribution in [0.15, 0.2) is 42.6 Å². The number of nitrogens with one attached hydrogen (secondary N) is 1. The van der Waals surface area contributed by atoms with Gasteiger partial charge in [-0.15, -0.1) is 0 Å². The number of carbonyl (C=O) groups excluding carboxylic acids is 2. The zero-order chi connectivity index (χ0) is 18.4. The molecule has 0 spiro atoms. The quantitative estimate of drug-likeness (QED) is 0.690. The van der Waals surface area contributed by atoms with Crippen molar-refractivity contribution in [1.29, 1.82) is 0 Å². The summed E-state index contributed by atoms with van der Waals surface area (Å²) < 4.78 is 5.06. The lowest BCUT2D eigenvalue weighted by Crippen LogP contribution is -2.30. The van der Waals surface area contributed by atoms with Gasteiger partial charge in [-0.05, 0) is 29.8 Å². The number of aliphatic carboxylic acids is 1. The lowest BCUT2D eigenvalue weighted by molar-refractivity contribution is -0.137. The van der Waals surface area contributed by atoms with Gasteiger partial charge >= 0.3 is 5.97 Å². The van der Waals surface area contributed by atoms with Gasteiger partial charge in [0.1, 0.15) is 11.4 Å². The van der Waals surface area contributed by atoms with Gasteiger partial charge in [-0.25, -0.2) is 0 Å². The molecule has 1 aromatic heterocycles. The first kappa shape index (κ1) is 17.9. The first-order chi connectivity index (χ1) is 11.9. The third kappa shape index (κ3) is 4.77. The van der Waals surface area contributed by atoms with Crippen molar-refractivity contribution >= 4 is 17.8 Å². The van der Waals surface area contributed by atoms with Crippen LogP contribution in [0, 0.1) is 0 Å². The van der Waals surface area contributed by atoms with Crippen LogP contribution in [0.4, 0.5) is 0 Å². The van der Waals surface area contributed by atoms with Crippen LogP contribution in [0.5, 0.6) is 5.75 Å². The zero-order valence-corrected chi connectivity index (χ0v) is 13.4. The van der Waals surface area contributed by atoms with Gasteiger partial charge in [-0.2, -0.15) is 0 Å². The number of ether oxygens (including phenoxy) is 1. The molecular formula is C17H17N3O5. The maximum Gasteiger partial charge on any atom is 0.305 e. The van der Waals surface area contributed by atoms with Crippen molar-refractivity contribution in [1.82, 2.24) is 10.3 Å². The minimum absolute atomic E-state index is 0.0499. The van der Waals surface area contributed by atoms with Crippen molar-refractivity contribution in [2.24, 2.45) is 5.73 Å². The van der Waals surface area contributed by atoms with Gasteiger partial charge in [-0.3, -0.25) is 19.4 Å². The van der Waals surface area contributed by atoms with E-state index in [0.717, 1.165) is 0 Å². The predicted octanol–water partition coefficient (Wildman–Crippen LogP) is 1.13. The molecule has 2 aromatic rings. The number of carboxylic acids is 1. The van der Waals surface area contributed by atoms with Crippen LogP contribution < -0.4 is 15.8 Å². The smallest absolute Gasteiger partial charge is 0.305 e. The molecule has 0 aliphatic heterocycles. The molecule has 0 aliphatic carbocycles. The van der Waals surface area contributed by atoms with Gasteiger partial charge < -0.3 is 20.9 Å². The van der Waals surface area contributed by atoms with Crippen LogP contribution in [0.25, 0.3) is 0 Å². The molecule has 0 fully saturated rings. The lowest BCUT2D eigenvalue weighted by atomic mass is 10.0. The SMILES string of the molecule is COc1ccc([C@H](CC(=O)O)NC(=O)c2ccc(C(N)=O)cn2)cc1. The van der Waals surface area contributed by atoms with Crippen molar-refractivity contribution in [2.75, 3.05) is 7.11 Å². The fourth-order valence-corrected chi connectivity index (χ4v) is 2.17. The van der Waals surface area contributed by atoms with E-state index in [1.54, 1.807) is 24.3 Å². The van der Waals surface area contributed by atoms with E-state index in [1.165, 1.54) is 25.4 Å². The van der Waals surface area contributed by atoms with Gasteiger partial charge in [0.25, 0.3) is 5.91 Å². The predicted molar refractivity (Wildman–Crippen MR) is 88.2 cm³/mol. The molecule has 1 aromatic carbocycles. The van der Waals surface area contributed by atoms with Crippen molar-refractivity contribution in [3.63, 3.8) is 0 Å².